The number of rotatable bonds is 3. The summed E-state index contributed by atoms with van der Waals surface area (Å²) in [6.45, 7) is 0. The molecular formula is C18H12ClF3O3. The molecule has 0 spiro atoms. The van der Waals surface area contributed by atoms with E-state index in [-0.39, 0.29) is 16.1 Å². The Kier molecular flexibility index (Phi) is 4.33. The fourth-order valence-electron chi connectivity index (χ4n) is 3.05. The zero-order valence-corrected chi connectivity index (χ0v) is 13.5. The monoisotopic (exact) mass is 368 g/mol. The van der Waals surface area contributed by atoms with E-state index in [1.807, 2.05) is 0 Å². The van der Waals surface area contributed by atoms with Crippen LogP contribution in [0.15, 0.2) is 54.6 Å². The summed E-state index contributed by atoms with van der Waals surface area (Å²) in [5.41, 5.74) is -3.26. The molecule has 0 aliphatic carbocycles. The molecule has 1 fully saturated rings. The maximum Gasteiger partial charge on any atom is 0.436 e. The summed E-state index contributed by atoms with van der Waals surface area (Å²) >= 11 is 5.73. The molecule has 0 radical (unpaired) electrons. The first kappa shape index (κ1) is 17.5. The molecule has 0 amide bonds. The van der Waals surface area contributed by atoms with Gasteiger partial charge in [-0.1, -0.05) is 41.9 Å². The van der Waals surface area contributed by atoms with E-state index in [0.717, 1.165) is 0 Å². The molecule has 1 heterocycles. The van der Waals surface area contributed by atoms with Gasteiger partial charge in [0.2, 0.25) is 5.78 Å². The first-order valence-corrected chi connectivity index (χ1v) is 7.77. The van der Waals surface area contributed by atoms with Crippen LogP contribution in [0.25, 0.3) is 0 Å². The second kappa shape index (κ2) is 6.19. The predicted molar refractivity (Wildman–Crippen MR) is 84.5 cm³/mol. The Balaban J connectivity index is 2.17. The Morgan fingerprint density at radius 1 is 1.08 bits per heavy atom. The molecule has 130 valence electrons. The summed E-state index contributed by atoms with van der Waals surface area (Å²) in [6.07, 6.45) is -5.60. The normalized spacial score (nSPS) is 23.4. The van der Waals surface area contributed by atoms with Crippen LogP contribution in [0.4, 0.5) is 13.2 Å². The smallest absolute Gasteiger partial charge is 0.436 e. The first-order valence-electron chi connectivity index (χ1n) is 7.39. The van der Waals surface area contributed by atoms with Gasteiger partial charge >= 0.3 is 12.1 Å². The number of alkyl halides is 3. The fourth-order valence-corrected chi connectivity index (χ4v) is 3.17. The number of esters is 1. The van der Waals surface area contributed by atoms with Crippen LogP contribution in [0.2, 0.25) is 5.02 Å². The van der Waals surface area contributed by atoms with Gasteiger partial charge in [0.1, 0.15) is 0 Å². The molecule has 7 heteroatoms. The van der Waals surface area contributed by atoms with Crippen molar-refractivity contribution in [2.45, 2.75) is 24.1 Å². The van der Waals surface area contributed by atoms with Gasteiger partial charge in [0.25, 0.3) is 5.60 Å². The molecular weight excluding hydrogens is 357 g/mol. The van der Waals surface area contributed by atoms with E-state index in [0.29, 0.717) is 0 Å². The molecule has 0 bridgehead atoms. The van der Waals surface area contributed by atoms with Crippen molar-refractivity contribution in [2.24, 2.45) is 0 Å². The topological polar surface area (TPSA) is 43.4 Å². The SMILES string of the molecule is O=C1C[C@@H](c2ccccc2)[C@](C(=O)c2ccc(Cl)cc2)(C(F)(F)F)O1. The quantitative estimate of drug-likeness (QED) is 0.589. The van der Waals surface area contributed by atoms with Crippen LogP contribution in [0.1, 0.15) is 28.3 Å². The van der Waals surface area contributed by atoms with Gasteiger partial charge in [0.15, 0.2) is 0 Å². The van der Waals surface area contributed by atoms with Crippen molar-refractivity contribution in [3.63, 3.8) is 0 Å². The third kappa shape index (κ3) is 2.91. The number of ether oxygens (including phenoxy) is 1. The number of hydrogen-bond donors (Lipinski definition) is 0. The minimum absolute atomic E-state index is 0.216. The van der Waals surface area contributed by atoms with Crippen LogP contribution in [0, 0.1) is 0 Å². The molecule has 0 N–H and O–H groups in total. The molecule has 3 rings (SSSR count). The van der Waals surface area contributed by atoms with Gasteiger partial charge in [-0.2, -0.15) is 13.2 Å². The van der Waals surface area contributed by atoms with E-state index in [1.165, 1.54) is 36.4 Å². The summed E-state index contributed by atoms with van der Waals surface area (Å²) in [6, 6.07) is 12.6. The summed E-state index contributed by atoms with van der Waals surface area (Å²) in [7, 11) is 0. The van der Waals surface area contributed by atoms with Gasteiger partial charge in [-0.15, -0.1) is 0 Å². The zero-order chi connectivity index (χ0) is 18.2. The molecule has 0 aromatic heterocycles. The number of carbonyl (C=O) groups is 2. The molecule has 0 unspecified atom stereocenters. The summed E-state index contributed by atoms with van der Waals surface area (Å²) in [5.74, 6) is -3.82. The molecule has 25 heavy (non-hydrogen) atoms. The van der Waals surface area contributed by atoms with Gasteiger partial charge in [-0.25, -0.2) is 0 Å². The van der Waals surface area contributed by atoms with Crippen molar-refractivity contribution < 1.29 is 27.5 Å². The number of benzene rings is 2. The number of ketones is 1. The Bertz CT molecular complexity index is 803. The van der Waals surface area contributed by atoms with Gasteiger partial charge in [-0.3, -0.25) is 9.59 Å². The lowest BCUT2D eigenvalue weighted by molar-refractivity contribution is -0.241. The number of halogens is 4. The average Bonchev–Trinajstić information content (AvgIpc) is 2.94. The third-order valence-electron chi connectivity index (χ3n) is 4.20. The number of Topliss-reactive ketones (excluding diaryl/α,β-unsaturated/α-hetero) is 1. The highest BCUT2D eigenvalue weighted by Gasteiger charge is 2.71. The Labute approximate surface area is 146 Å². The van der Waals surface area contributed by atoms with Gasteiger partial charge in [-0.05, 0) is 29.8 Å². The second-order valence-corrected chi connectivity index (χ2v) is 6.15. The van der Waals surface area contributed by atoms with E-state index in [9.17, 15) is 22.8 Å². The second-order valence-electron chi connectivity index (χ2n) is 5.71. The zero-order valence-electron chi connectivity index (χ0n) is 12.7. The van der Waals surface area contributed by atoms with E-state index < -0.39 is 35.9 Å². The van der Waals surface area contributed by atoms with Gasteiger partial charge in [0, 0.05) is 10.6 Å². The molecule has 1 aliphatic rings. The average molecular weight is 369 g/mol. The Hall–Kier alpha value is -2.34. The van der Waals surface area contributed by atoms with Crippen molar-refractivity contribution in [3.8, 4) is 0 Å². The van der Waals surface area contributed by atoms with Gasteiger partial charge < -0.3 is 4.74 Å². The lowest BCUT2D eigenvalue weighted by Crippen LogP contribution is -2.55. The summed E-state index contributed by atoms with van der Waals surface area (Å²) in [4.78, 5) is 24.6. The predicted octanol–water partition coefficient (Wildman–Crippen LogP) is 4.55. The fraction of sp³-hybridized carbons (Fsp3) is 0.222. The van der Waals surface area contributed by atoms with E-state index in [2.05, 4.69) is 4.74 Å². The number of cyclic esters (lactones) is 1. The van der Waals surface area contributed by atoms with E-state index in [1.54, 1.807) is 18.2 Å². The maximum atomic E-state index is 14.0. The standard InChI is InChI=1S/C18H12ClF3O3/c19-13-8-6-12(7-9-13)16(24)17(18(20,21)22)14(10-15(23)25-17)11-4-2-1-3-5-11/h1-9,14H,10H2/t14-,17-/m0/s1. The number of hydrogen-bond acceptors (Lipinski definition) is 3. The van der Waals surface area contributed by atoms with E-state index in [4.69, 9.17) is 11.6 Å². The highest BCUT2D eigenvalue weighted by Crippen LogP contribution is 2.52. The van der Waals surface area contributed by atoms with Crippen molar-refractivity contribution in [1.29, 1.82) is 0 Å². The summed E-state index contributed by atoms with van der Waals surface area (Å²) in [5, 5.41) is 0.278. The Morgan fingerprint density at radius 2 is 1.68 bits per heavy atom. The molecule has 2 atom stereocenters. The first-order chi connectivity index (χ1) is 11.8. The van der Waals surface area contributed by atoms with Crippen molar-refractivity contribution in [3.05, 3.63) is 70.7 Å². The molecule has 2 aromatic rings. The van der Waals surface area contributed by atoms with Crippen molar-refractivity contribution in [1.82, 2.24) is 0 Å². The lowest BCUT2D eigenvalue weighted by Gasteiger charge is -2.34. The number of carbonyl (C=O) groups excluding carboxylic acids is 2. The van der Waals surface area contributed by atoms with Crippen LogP contribution in [0.5, 0.6) is 0 Å². The van der Waals surface area contributed by atoms with Crippen LogP contribution in [-0.4, -0.2) is 23.5 Å². The lowest BCUT2D eigenvalue weighted by atomic mass is 9.76. The molecule has 1 saturated heterocycles. The van der Waals surface area contributed by atoms with Gasteiger partial charge in [0.05, 0.1) is 12.3 Å². The minimum Gasteiger partial charge on any atom is -0.440 e. The summed E-state index contributed by atoms with van der Waals surface area (Å²) < 4.78 is 46.7. The highest BCUT2D eigenvalue weighted by molar-refractivity contribution is 6.30. The minimum atomic E-state index is -5.07. The van der Waals surface area contributed by atoms with E-state index >= 15 is 0 Å². The van der Waals surface area contributed by atoms with Crippen molar-refractivity contribution in [2.75, 3.05) is 0 Å². The van der Waals surface area contributed by atoms with Crippen LogP contribution in [-0.2, 0) is 9.53 Å². The highest BCUT2D eigenvalue weighted by atomic mass is 35.5. The Morgan fingerprint density at radius 3 is 2.24 bits per heavy atom. The molecule has 1 aliphatic heterocycles. The molecule has 3 nitrogen and oxygen atoms in total. The third-order valence-corrected chi connectivity index (χ3v) is 4.46. The maximum absolute atomic E-state index is 14.0. The molecule has 0 saturated carbocycles. The van der Waals surface area contributed by atoms with Crippen LogP contribution < -0.4 is 0 Å². The van der Waals surface area contributed by atoms with Crippen LogP contribution in [0.3, 0.4) is 0 Å². The largest absolute Gasteiger partial charge is 0.440 e. The van der Waals surface area contributed by atoms with Crippen LogP contribution >= 0.6 is 11.6 Å². The van der Waals surface area contributed by atoms with Crippen molar-refractivity contribution >= 4 is 23.4 Å². The molecule has 2 aromatic carbocycles.